The fraction of sp³-hybridized carbons (Fsp3) is 0.571. The lowest BCUT2D eigenvalue weighted by Crippen LogP contribution is -2.57. The van der Waals surface area contributed by atoms with Crippen LogP contribution in [0.15, 0.2) is 60.7 Å². The molecule has 0 saturated carbocycles. The first-order valence-corrected chi connectivity index (χ1v) is 12.5. The van der Waals surface area contributed by atoms with Gasteiger partial charge in [0.2, 0.25) is 0 Å². The lowest BCUT2D eigenvalue weighted by atomic mass is 9.97. The van der Waals surface area contributed by atoms with Crippen LogP contribution in [0.3, 0.4) is 0 Å². The summed E-state index contributed by atoms with van der Waals surface area (Å²) in [7, 11) is 0. The smallest absolute Gasteiger partial charge is 0.115 e. The minimum absolute atomic E-state index is 0.0940. The van der Waals surface area contributed by atoms with Crippen molar-refractivity contribution in [3.05, 3.63) is 71.8 Å². The molecule has 1 heterocycles. The Hall–Kier alpha value is -1.76. The number of benzene rings is 2. The van der Waals surface area contributed by atoms with Gasteiger partial charge in [0, 0.05) is 19.6 Å². The van der Waals surface area contributed by atoms with Crippen molar-refractivity contribution in [2.75, 3.05) is 26.4 Å². The molecule has 1 saturated heterocycles. The number of unbranched alkanes of at least 4 members (excludes halogenated alkanes) is 2. The van der Waals surface area contributed by atoms with Crippen molar-refractivity contribution in [3.63, 3.8) is 0 Å². The van der Waals surface area contributed by atoms with Crippen LogP contribution in [0, 0.1) is 0 Å². The second-order valence-corrected chi connectivity index (χ2v) is 8.70. The molecule has 3 unspecified atom stereocenters. The summed E-state index contributed by atoms with van der Waals surface area (Å²) >= 11 is 0. The third kappa shape index (κ3) is 7.90. The summed E-state index contributed by atoms with van der Waals surface area (Å²) in [4.78, 5) is 0. The summed E-state index contributed by atoms with van der Waals surface area (Å²) in [6.07, 6.45) is 3.32. The molecule has 1 N–H and O–H groups in total. The summed E-state index contributed by atoms with van der Waals surface area (Å²) in [5, 5.41) is 9.95. The van der Waals surface area contributed by atoms with Gasteiger partial charge in [-0.05, 0) is 24.0 Å². The summed E-state index contributed by atoms with van der Waals surface area (Å²) in [5.41, 5.74) is 2.34. The molecule has 5 heteroatoms. The molecule has 182 valence electrons. The highest BCUT2D eigenvalue weighted by Crippen LogP contribution is 2.30. The first-order valence-electron chi connectivity index (χ1n) is 12.5. The van der Waals surface area contributed by atoms with E-state index in [0.717, 1.165) is 37.7 Å². The lowest BCUT2D eigenvalue weighted by molar-refractivity contribution is -0.245. The molecule has 33 heavy (non-hydrogen) atoms. The largest absolute Gasteiger partial charge is 0.394 e. The Kier molecular flexibility index (Phi) is 11.4. The Bertz CT molecular complexity index is 753. The van der Waals surface area contributed by atoms with Crippen molar-refractivity contribution in [3.8, 4) is 0 Å². The van der Waals surface area contributed by atoms with Crippen LogP contribution in [0.1, 0.15) is 56.8 Å². The van der Waals surface area contributed by atoms with E-state index < -0.39 is 6.10 Å². The van der Waals surface area contributed by atoms with Gasteiger partial charge in [0.05, 0.1) is 19.3 Å². The Morgan fingerprint density at radius 3 is 2.09 bits per heavy atom. The fourth-order valence-electron chi connectivity index (χ4n) is 4.19. The topological polar surface area (TPSA) is 57.2 Å². The Morgan fingerprint density at radius 1 is 0.879 bits per heavy atom. The monoisotopic (exact) mass is 456 g/mol. The van der Waals surface area contributed by atoms with E-state index in [9.17, 15) is 5.11 Å². The molecule has 2 aromatic rings. The molecule has 5 atom stereocenters. The zero-order chi connectivity index (χ0) is 23.3. The van der Waals surface area contributed by atoms with Gasteiger partial charge in [-0.1, -0.05) is 87.4 Å². The number of ether oxygens (including phenoxy) is 4. The summed E-state index contributed by atoms with van der Waals surface area (Å²) in [6, 6.07) is 20.7. The molecule has 0 radical (unpaired) electrons. The SMILES string of the molecule is CCCCO[C@@H]1C(CO)OCC(OC(Cc2ccccc2)c2ccccc2)[C@H]1OCCCC. The molecule has 1 aliphatic rings. The summed E-state index contributed by atoms with van der Waals surface area (Å²) < 4.78 is 25.3. The number of hydrogen-bond donors (Lipinski definition) is 1. The second kappa shape index (κ2) is 14.5. The average molecular weight is 457 g/mol. The van der Waals surface area contributed by atoms with E-state index in [0.29, 0.717) is 19.8 Å². The van der Waals surface area contributed by atoms with Crippen LogP contribution in [-0.4, -0.2) is 55.9 Å². The van der Waals surface area contributed by atoms with Crippen molar-refractivity contribution >= 4 is 0 Å². The molecule has 0 bridgehead atoms. The third-order valence-corrected chi connectivity index (χ3v) is 6.10. The maximum atomic E-state index is 9.95. The van der Waals surface area contributed by atoms with Crippen molar-refractivity contribution in [1.29, 1.82) is 0 Å². The van der Waals surface area contributed by atoms with E-state index in [1.807, 2.05) is 24.3 Å². The predicted octanol–water partition coefficient (Wildman–Crippen LogP) is 5.12. The molecular formula is C28H40O5. The van der Waals surface area contributed by atoms with Gasteiger partial charge in [0.15, 0.2) is 0 Å². The number of aliphatic hydroxyl groups is 1. The second-order valence-electron chi connectivity index (χ2n) is 8.70. The summed E-state index contributed by atoms with van der Waals surface area (Å²) in [5.74, 6) is 0. The minimum atomic E-state index is -0.405. The van der Waals surface area contributed by atoms with Gasteiger partial charge in [0.1, 0.15) is 24.4 Å². The average Bonchev–Trinajstić information content (AvgIpc) is 2.86. The number of rotatable bonds is 14. The molecule has 0 aliphatic carbocycles. The molecule has 0 spiro atoms. The van der Waals surface area contributed by atoms with Gasteiger partial charge in [-0.15, -0.1) is 0 Å². The van der Waals surface area contributed by atoms with Gasteiger partial charge >= 0.3 is 0 Å². The standard InChI is InChI=1S/C28H40O5/c1-3-5-17-30-27-25(20-29)32-21-26(28(27)31-18-6-4-2)33-24(23-15-11-8-12-16-23)19-22-13-9-7-10-14-22/h7-16,24-29H,3-6,17-21H2,1-2H3/t24?,25?,26?,27-,28-/m1/s1. The maximum Gasteiger partial charge on any atom is 0.115 e. The molecule has 5 nitrogen and oxygen atoms in total. The van der Waals surface area contributed by atoms with Crippen molar-refractivity contribution in [1.82, 2.24) is 0 Å². The van der Waals surface area contributed by atoms with Gasteiger partial charge in [-0.25, -0.2) is 0 Å². The first kappa shape index (κ1) is 25.9. The van der Waals surface area contributed by atoms with Crippen molar-refractivity contribution in [2.24, 2.45) is 0 Å². The lowest BCUT2D eigenvalue weighted by Gasteiger charge is -2.43. The highest BCUT2D eigenvalue weighted by Gasteiger charge is 2.43. The molecule has 3 rings (SSSR count). The van der Waals surface area contributed by atoms with Gasteiger partial charge in [-0.2, -0.15) is 0 Å². The molecule has 0 aromatic heterocycles. The zero-order valence-corrected chi connectivity index (χ0v) is 20.1. The van der Waals surface area contributed by atoms with Crippen LogP contribution in [0.5, 0.6) is 0 Å². The van der Waals surface area contributed by atoms with E-state index >= 15 is 0 Å². The maximum absolute atomic E-state index is 9.95. The minimum Gasteiger partial charge on any atom is -0.394 e. The number of aliphatic hydroxyl groups excluding tert-OH is 1. The fourth-order valence-corrected chi connectivity index (χ4v) is 4.19. The van der Waals surface area contributed by atoms with Gasteiger partial charge < -0.3 is 24.1 Å². The van der Waals surface area contributed by atoms with Crippen molar-refractivity contribution in [2.45, 2.75) is 76.5 Å². The molecule has 1 aliphatic heterocycles. The number of hydrogen-bond acceptors (Lipinski definition) is 5. The van der Waals surface area contributed by atoms with Gasteiger partial charge in [-0.3, -0.25) is 0 Å². The Labute approximate surface area is 199 Å². The molecule has 2 aromatic carbocycles. The van der Waals surface area contributed by atoms with E-state index in [1.54, 1.807) is 0 Å². The molecule has 1 fully saturated rings. The van der Waals surface area contributed by atoms with Gasteiger partial charge in [0.25, 0.3) is 0 Å². The van der Waals surface area contributed by atoms with Crippen LogP contribution in [-0.2, 0) is 25.4 Å². The molecular weight excluding hydrogens is 416 g/mol. The third-order valence-electron chi connectivity index (χ3n) is 6.10. The quantitative estimate of drug-likeness (QED) is 0.400. The van der Waals surface area contributed by atoms with E-state index in [1.165, 1.54) is 5.56 Å². The van der Waals surface area contributed by atoms with E-state index in [-0.39, 0.29) is 31.0 Å². The molecule has 0 amide bonds. The Morgan fingerprint density at radius 2 is 1.48 bits per heavy atom. The van der Waals surface area contributed by atoms with E-state index in [4.69, 9.17) is 18.9 Å². The predicted molar refractivity (Wildman–Crippen MR) is 130 cm³/mol. The first-order chi connectivity index (χ1) is 16.3. The van der Waals surface area contributed by atoms with Crippen LogP contribution in [0.4, 0.5) is 0 Å². The zero-order valence-electron chi connectivity index (χ0n) is 20.1. The summed E-state index contributed by atoms with van der Waals surface area (Å²) in [6.45, 7) is 5.82. The van der Waals surface area contributed by atoms with Crippen LogP contribution >= 0.6 is 0 Å². The normalized spacial score (nSPS) is 24.0. The van der Waals surface area contributed by atoms with Crippen LogP contribution < -0.4 is 0 Å². The van der Waals surface area contributed by atoms with E-state index in [2.05, 4.69) is 50.2 Å². The Balaban J connectivity index is 1.81. The van der Waals surface area contributed by atoms with Crippen LogP contribution in [0.2, 0.25) is 0 Å². The highest BCUT2D eigenvalue weighted by molar-refractivity contribution is 5.22. The van der Waals surface area contributed by atoms with Crippen molar-refractivity contribution < 1.29 is 24.1 Å². The highest BCUT2D eigenvalue weighted by atomic mass is 16.6. The van der Waals surface area contributed by atoms with Crippen LogP contribution in [0.25, 0.3) is 0 Å².